The summed E-state index contributed by atoms with van der Waals surface area (Å²) in [5, 5.41) is 0. The predicted molar refractivity (Wildman–Crippen MR) is 56.5 cm³/mol. The lowest BCUT2D eigenvalue weighted by Crippen LogP contribution is -2.34. The Hall–Kier alpha value is -0.300. The maximum atomic E-state index is 5.88. The monoisotopic (exact) mass is 189 g/mol. The topological polar surface area (TPSA) is 26.0 Å². The highest BCUT2D eigenvalue weighted by Gasteiger charge is 2.60. The van der Waals surface area contributed by atoms with Crippen molar-refractivity contribution < 1.29 is 0 Å². The molecule has 4 bridgehead atoms. The van der Waals surface area contributed by atoms with Crippen LogP contribution in [-0.2, 0) is 0 Å². The van der Waals surface area contributed by atoms with E-state index < -0.39 is 0 Å². The van der Waals surface area contributed by atoms with E-state index in [4.69, 9.17) is 5.73 Å². The molecule has 4 aliphatic carbocycles. The Morgan fingerprint density at radius 1 is 1.00 bits per heavy atom. The van der Waals surface area contributed by atoms with Gasteiger partial charge in [-0.3, -0.25) is 0 Å². The van der Waals surface area contributed by atoms with Gasteiger partial charge in [-0.1, -0.05) is 12.2 Å². The van der Waals surface area contributed by atoms with Gasteiger partial charge in [-0.15, -0.1) is 0 Å². The fraction of sp³-hybridized carbons (Fsp3) is 0.846. The van der Waals surface area contributed by atoms with Crippen LogP contribution < -0.4 is 5.73 Å². The van der Waals surface area contributed by atoms with Gasteiger partial charge in [-0.2, -0.15) is 0 Å². The summed E-state index contributed by atoms with van der Waals surface area (Å²) in [6.07, 6.45) is 9.50. The van der Waals surface area contributed by atoms with Crippen molar-refractivity contribution in [1.82, 2.24) is 0 Å². The average Bonchev–Trinajstić information content (AvgIpc) is 2.94. The SMILES string of the molecule is NC[C@@H]1C[C@H]2C[C@@H]1[C@@H]1[C@H]2[C@@H]2C=C[C@H]1C2. The lowest BCUT2D eigenvalue weighted by molar-refractivity contribution is 0.154. The van der Waals surface area contributed by atoms with Gasteiger partial charge in [0.1, 0.15) is 0 Å². The third-order valence-corrected chi connectivity index (χ3v) is 5.71. The van der Waals surface area contributed by atoms with Gasteiger partial charge >= 0.3 is 0 Å². The Balaban J connectivity index is 1.72. The Bertz CT molecular complexity index is 296. The zero-order valence-corrected chi connectivity index (χ0v) is 8.60. The van der Waals surface area contributed by atoms with Gasteiger partial charge in [-0.05, 0) is 67.2 Å². The molecule has 0 aromatic rings. The first-order valence-corrected chi connectivity index (χ1v) is 6.27. The van der Waals surface area contributed by atoms with Crippen LogP contribution in [0.15, 0.2) is 12.2 Å². The largest absolute Gasteiger partial charge is 0.330 e. The smallest absolute Gasteiger partial charge is 0.00460 e. The van der Waals surface area contributed by atoms with Gasteiger partial charge < -0.3 is 5.73 Å². The van der Waals surface area contributed by atoms with E-state index in [1.165, 1.54) is 19.3 Å². The molecule has 76 valence electrons. The van der Waals surface area contributed by atoms with E-state index in [9.17, 15) is 0 Å². The average molecular weight is 189 g/mol. The van der Waals surface area contributed by atoms with E-state index in [1.807, 2.05) is 0 Å². The van der Waals surface area contributed by atoms with Crippen LogP contribution >= 0.6 is 0 Å². The van der Waals surface area contributed by atoms with Crippen LogP contribution in [0.25, 0.3) is 0 Å². The van der Waals surface area contributed by atoms with E-state index in [0.717, 1.165) is 48.0 Å². The number of rotatable bonds is 1. The van der Waals surface area contributed by atoms with Crippen molar-refractivity contribution in [3.63, 3.8) is 0 Å². The number of nitrogens with two attached hydrogens (primary N) is 1. The van der Waals surface area contributed by atoms with E-state index >= 15 is 0 Å². The third-order valence-electron chi connectivity index (χ3n) is 5.71. The molecular formula is C13H19N. The van der Waals surface area contributed by atoms with Crippen LogP contribution in [0.3, 0.4) is 0 Å². The van der Waals surface area contributed by atoms with Crippen molar-refractivity contribution in [3.8, 4) is 0 Å². The zero-order chi connectivity index (χ0) is 9.28. The van der Waals surface area contributed by atoms with Crippen LogP contribution in [0.4, 0.5) is 0 Å². The van der Waals surface area contributed by atoms with Crippen LogP contribution in [0, 0.1) is 41.4 Å². The summed E-state index contributed by atoms with van der Waals surface area (Å²) in [6, 6.07) is 0. The molecule has 1 heteroatoms. The van der Waals surface area contributed by atoms with Gasteiger partial charge in [0.15, 0.2) is 0 Å². The quantitative estimate of drug-likeness (QED) is 0.496. The highest BCUT2D eigenvalue weighted by molar-refractivity contribution is 5.20. The molecule has 0 heterocycles. The highest BCUT2D eigenvalue weighted by atomic mass is 14.7. The summed E-state index contributed by atoms with van der Waals surface area (Å²) in [5.41, 5.74) is 5.88. The van der Waals surface area contributed by atoms with E-state index in [0.29, 0.717) is 0 Å². The van der Waals surface area contributed by atoms with Crippen molar-refractivity contribution in [1.29, 1.82) is 0 Å². The lowest BCUT2D eigenvalue weighted by Gasteiger charge is -2.36. The fourth-order valence-electron chi connectivity index (χ4n) is 5.42. The van der Waals surface area contributed by atoms with Crippen molar-refractivity contribution in [2.45, 2.75) is 19.3 Å². The molecule has 3 saturated carbocycles. The van der Waals surface area contributed by atoms with E-state index in [2.05, 4.69) is 12.2 Å². The van der Waals surface area contributed by atoms with Crippen molar-refractivity contribution in [3.05, 3.63) is 12.2 Å². The first kappa shape index (κ1) is 7.92. The van der Waals surface area contributed by atoms with Gasteiger partial charge in [0.05, 0.1) is 0 Å². The molecule has 0 aromatic carbocycles. The number of hydrogen-bond donors (Lipinski definition) is 1. The van der Waals surface area contributed by atoms with Gasteiger partial charge in [0.2, 0.25) is 0 Å². The molecule has 0 radical (unpaired) electrons. The summed E-state index contributed by atoms with van der Waals surface area (Å²) >= 11 is 0. The molecule has 0 unspecified atom stereocenters. The van der Waals surface area contributed by atoms with Crippen molar-refractivity contribution in [2.24, 2.45) is 47.2 Å². The Labute approximate surface area is 85.7 Å². The third kappa shape index (κ3) is 0.735. The minimum absolute atomic E-state index is 0.883. The van der Waals surface area contributed by atoms with Crippen LogP contribution in [0.2, 0.25) is 0 Å². The molecule has 1 nitrogen and oxygen atoms in total. The van der Waals surface area contributed by atoms with E-state index in [1.54, 1.807) is 0 Å². The van der Waals surface area contributed by atoms with Gasteiger partial charge in [0.25, 0.3) is 0 Å². The summed E-state index contributed by atoms with van der Waals surface area (Å²) in [7, 11) is 0. The molecule has 0 aromatic heterocycles. The summed E-state index contributed by atoms with van der Waals surface area (Å²) in [6.45, 7) is 0.950. The summed E-state index contributed by atoms with van der Waals surface area (Å²) in [4.78, 5) is 0. The molecule has 4 rings (SSSR count). The molecule has 0 aliphatic heterocycles. The highest BCUT2D eigenvalue weighted by Crippen LogP contribution is 2.66. The lowest BCUT2D eigenvalue weighted by atomic mass is 9.69. The first-order valence-electron chi connectivity index (χ1n) is 6.27. The van der Waals surface area contributed by atoms with Crippen LogP contribution in [-0.4, -0.2) is 6.54 Å². The molecular weight excluding hydrogens is 170 g/mol. The first-order chi connectivity index (χ1) is 6.88. The normalized spacial score (nSPS) is 62.5. The summed E-state index contributed by atoms with van der Waals surface area (Å²) in [5.74, 6) is 7.01. The van der Waals surface area contributed by atoms with Gasteiger partial charge in [-0.25, -0.2) is 0 Å². The molecule has 4 aliphatic rings. The summed E-state index contributed by atoms with van der Waals surface area (Å²) < 4.78 is 0. The minimum Gasteiger partial charge on any atom is -0.330 e. The second kappa shape index (κ2) is 2.44. The Kier molecular flexibility index (Phi) is 1.38. The Morgan fingerprint density at radius 2 is 1.79 bits per heavy atom. The molecule has 14 heavy (non-hydrogen) atoms. The van der Waals surface area contributed by atoms with Crippen molar-refractivity contribution >= 4 is 0 Å². The molecule has 0 amide bonds. The van der Waals surface area contributed by atoms with Gasteiger partial charge in [0, 0.05) is 0 Å². The van der Waals surface area contributed by atoms with Crippen LogP contribution in [0.1, 0.15) is 19.3 Å². The molecule has 3 fully saturated rings. The minimum atomic E-state index is 0.883. The van der Waals surface area contributed by atoms with E-state index in [-0.39, 0.29) is 0 Å². The number of allylic oxidation sites excluding steroid dienone is 2. The standard InChI is InChI=1S/C13H19N/c14-6-10-4-9-5-11(10)13-8-2-1-7(3-8)12(9)13/h1-2,7-13H,3-6,14H2/t7-,8+,9+,10+,11+,12+,13-/m1/s1. The maximum Gasteiger partial charge on any atom is -0.00460 e. The molecule has 2 N–H and O–H groups in total. The number of hydrogen-bond acceptors (Lipinski definition) is 1. The fourth-order valence-corrected chi connectivity index (χ4v) is 5.42. The predicted octanol–water partition coefficient (Wildman–Crippen LogP) is 2.04. The molecule has 0 spiro atoms. The second-order valence-corrected chi connectivity index (χ2v) is 5.99. The Morgan fingerprint density at radius 3 is 2.57 bits per heavy atom. The second-order valence-electron chi connectivity index (χ2n) is 5.99. The number of fused-ring (bicyclic) bond motifs is 9. The molecule has 0 saturated heterocycles. The maximum absolute atomic E-state index is 5.88. The van der Waals surface area contributed by atoms with Crippen LogP contribution in [0.5, 0.6) is 0 Å². The zero-order valence-electron chi connectivity index (χ0n) is 8.60. The molecule has 7 atom stereocenters. The van der Waals surface area contributed by atoms with Crippen molar-refractivity contribution in [2.75, 3.05) is 6.54 Å².